The quantitative estimate of drug-likeness (QED) is 0.669. The van der Waals surface area contributed by atoms with Crippen molar-refractivity contribution in [2.24, 2.45) is 5.92 Å². The third kappa shape index (κ3) is 3.20. The van der Waals surface area contributed by atoms with E-state index in [4.69, 9.17) is 0 Å². The average molecular weight is 353 g/mol. The third-order valence-corrected chi connectivity index (χ3v) is 5.01. The summed E-state index contributed by atoms with van der Waals surface area (Å²) in [4.78, 5) is 19.6. The first-order valence-corrected chi connectivity index (χ1v) is 8.83. The van der Waals surface area contributed by atoms with E-state index in [2.05, 4.69) is 15.3 Å². The van der Waals surface area contributed by atoms with E-state index in [9.17, 15) is 14.3 Å². The van der Waals surface area contributed by atoms with Crippen molar-refractivity contribution < 1.29 is 14.3 Å². The van der Waals surface area contributed by atoms with Gasteiger partial charge in [0.1, 0.15) is 11.6 Å². The highest BCUT2D eigenvalue weighted by atomic mass is 19.1. The Hall–Kier alpha value is -2.73. The molecule has 0 spiro atoms. The van der Waals surface area contributed by atoms with Crippen LogP contribution in [0.25, 0.3) is 22.0 Å². The lowest BCUT2D eigenvalue weighted by atomic mass is 9.87. The van der Waals surface area contributed by atoms with Crippen LogP contribution in [0.3, 0.4) is 0 Å². The standard InChI is InChI=1S/C20H20FN3O2/c21-17-11-23-19(24-20(26)12-3-1-4-13(25)9-12)10-16(17)14-5-2-6-18-15(14)7-8-22-18/h2,5-8,10-13,22,25H,1,3-4,9H2,(H,23,24,26)/t12-,13+/m0/s1. The SMILES string of the molecule is O=C(Nc1cc(-c2cccc3[nH]ccc23)c(F)cn1)[C@H]1CCC[C@@H](O)C1. The summed E-state index contributed by atoms with van der Waals surface area (Å²) in [7, 11) is 0. The van der Waals surface area contributed by atoms with Crippen LogP contribution in [0.5, 0.6) is 0 Å². The Labute approximate surface area is 150 Å². The summed E-state index contributed by atoms with van der Waals surface area (Å²) >= 11 is 0. The molecule has 134 valence electrons. The number of aliphatic hydroxyl groups excluding tert-OH is 1. The number of pyridine rings is 1. The zero-order valence-electron chi connectivity index (χ0n) is 14.2. The van der Waals surface area contributed by atoms with Gasteiger partial charge in [0, 0.05) is 28.6 Å². The van der Waals surface area contributed by atoms with E-state index >= 15 is 0 Å². The van der Waals surface area contributed by atoms with Crippen LogP contribution in [0, 0.1) is 11.7 Å². The van der Waals surface area contributed by atoms with Crippen molar-refractivity contribution in [2.45, 2.75) is 31.8 Å². The van der Waals surface area contributed by atoms with E-state index in [0.717, 1.165) is 41.9 Å². The number of H-pyrrole nitrogens is 1. The summed E-state index contributed by atoms with van der Waals surface area (Å²) in [6, 6.07) is 9.09. The molecule has 2 heterocycles. The average Bonchev–Trinajstić information content (AvgIpc) is 3.12. The molecule has 0 unspecified atom stereocenters. The molecule has 0 aliphatic heterocycles. The fourth-order valence-electron chi connectivity index (χ4n) is 3.66. The first-order valence-electron chi connectivity index (χ1n) is 8.83. The van der Waals surface area contributed by atoms with Crippen molar-refractivity contribution in [2.75, 3.05) is 5.32 Å². The number of anilines is 1. The molecule has 5 nitrogen and oxygen atoms in total. The molecule has 6 heteroatoms. The predicted molar refractivity (Wildman–Crippen MR) is 98.1 cm³/mol. The van der Waals surface area contributed by atoms with E-state index in [1.165, 1.54) is 0 Å². The van der Waals surface area contributed by atoms with E-state index in [1.54, 1.807) is 6.07 Å². The Morgan fingerprint density at radius 3 is 3.00 bits per heavy atom. The summed E-state index contributed by atoms with van der Waals surface area (Å²) < 4.78 is 14.4. The Bertz CT molecular complexity index is 953. The number of nitrogens with one attached hydrogen (secondary N) is 2. The molecule has 0 radical (unpaired) electrons. The monoisotopic (exact) mass is 353 g/mol. The second kappa shape index (κ2) is 6.88. The second-order valence-corrected chi connectivity index (χ2v) is 6.80. The molecule has 0 bridgehead atoms. The normalized spacial score (nSPS) is 20.2. The van der Waals surface area contributed by atoms with Crippen LogP contribution in [0.4, 0.5) is 10.2 Å². The molecular formula is C20H20FN3O2. The van der Waals surface area contributed by atoms with Gasteiger partial charge < -0.3 is 15.4 Å². The van der Waals surface area contributed by atoms with Gasteiger partial charge in [-0.1, -0.05) is 18.6 Å². The Balaban J connectivity index is 1.62. The van der Waals surface area contributed by atoms with Gasteiger partial charge >= 0.3 is 0 Å². The van der Waals surface area contributed by atoms with Crippen molar-refractivity contribution in [1.29, 1.82) is 0 Å². The number of aromatic amines is 1. The molecule has 3 N–H and O–H groups in total. The summed E-state index contributed by atoms with van der Waals surface area (Å²) in [5, 5.41) is 13.4. The molecule has 1 aliphatic rings. The minimum absolute atomic E-state index is 0.173. The van der Waals surface area contributed by atoms with Crippen molar-refractivity contribution in [3.05, 3.63) is 48.5 Å². The maximum Gasteiger partial charge on any atom is 0.228 e. The molecule has 1 amide bonds. The number of amides is 1. The van der Waals surface area contributed by atoms with Gasteiger partial charge in [-0.15, -0.1) is 0 Å². The first kappa shape index (κ1) is 16.7. The van der Waals surface area contributed by atoms with E-state index in [1.807, 2.05) is 30.5 Å². The molecule has 4 rings (SSSR count). The second-order valence-electron chi connectivity index (χ2n) is 6.80. The number of carbonyl (C=O) groups excluding carboxylic acids is 1. The summed E-state index contributed by atoms with van der Waals surface area (Å²) in [5.41, 5.74) is 2.05. The molecule has 1 aliphatic carbocycles. The van der Waals surface area contributed by atoms with Gasteiger partial charge in [-0.2, -0.15) is 0 Å². The third-order valence-electron chi connectivity index (χ3n) is 5.01. The maximum atomic E-state index is 14.4. The van der Waals surface area contributed by atoms with Gasteiger partial charge in [-0.3, -0.25) is 4.79 Å². The van der Waals surface area contributed by atoms with Gasteiger partial charge in [-0.25, -0.2) is 9.37 Å². The smallest absolute Gasteiger partial charge is 0.228 e. The highest BCUT2D eigenvalue weighted by Crippen LogP contribution is 2.31. The summed E-state index contributed by atoms with van der Waals surface area (Å²) in [6.45, 7) is 0. The fraction of sp³-hybridized carbons (Fsp3) is 0.300. The number of benzene rings is 1. The van der Waals surface area contributed by atoms with Crippen LogP contribution in [0.15, 0.2) is 42.7 Å². The van der Waals surface area contributed by atoms with Gasteiger partial charge in [0.05, 0.1) is 12.3 Å². The number of carbonyl (C=O) groups is 1. The van der Waals surface area contributed by atoms with Gasteiger partial charge in [0.2, 0.25) is 5.91 Å². The Kier molecular flexibility index (Phi) is 4.42. The van der Waals surface area contributed by atoms with Crippen molar-refractivity contribution >= 4 is 22.6 Å². The van der Waals surface area contributed by atoms with Crippen molar-refractivity contribution in [3.8, 4) is 11.1 Å². The molecule has 1 aromatic carbocycles. The number of aromatic nitrogens is 2. The maximum absolute atomic E-state index is 14.4. The van der Waals surface area contributed by atoms with E-state index < -0.39 is 11.9 Å². The number of fused-ring (bicyclic) bond motifs is 1. The topological polar surface area (TPSA) is 78.0 Å². The zero-order valence-corrected chi connectivity index (χ0v) is 14.2. The van der Waals surface area contributed by atoms with Crippen LogP contribution in [-0.2, 0) is 4.79 Å². The first-order chi connectivity index (χ1) is 12.6. The predicted octanol–water partition coefficient (Wildman–Crippen LogP) is 3.86. The molecule has 0 saturated heterocycles. The summed E-state index contributed by atoms with van der Waals surface area (Å²) in [5.74, 6) is -0.528. The number of halogens is 1. The van der Waals surface area contributed by atoms with E-state index in [-0.39, 0.29) is 11.8 Å². The minimum Gasteiger partial charge on any atom is -0.393 e. The largest absolute Gasteiger partial charge is 0.393 e. The van der Waals surface area contributed by atoms with Gasteiger partial charge in [0.25, 0.3) is 0 Å². The lowest BCUT2D eigenvalue weighted by molar-refractivity contribution is -0.122. The lowest BCUT2D eigenvalue weighted by Gasteiger charge is -2.24. The highest BCUT2D eigenvalue weighted by Gasteiger charge is 2.26. The molecule has 2 atom stereocenters. The molecule has 26 heavy (non-hydrogen) atoms. The molecule has 1 saturated carbocycles. The van der Waals surface area contributed by atoms with E-state index in [0.29, 0.717) is 17.8 Å². The highest BCUT2D eigenvalue weighted by molar-refractivity contribution is 5.97. The van der Waals surface area contributed by atoms with Crippen molar-refractivity contribution in [1.82, 2.24) is 9.97 Å². The van der Waals surface area contributed by atoms with Crippen LogP contribution in [-0.4, -0.2) is 27.1 Å². The number of aliphatic hydroxyl groups is 1. The van der Waals surface area contributed by atoms with Gasteiger partial charge in [-0.05, 0) is 43.0 Å². The van der Waals surface area contributed by atoms with Crippen LogP contribution in [0.1, 0.15) is 25.7 Å². The fourth-order valence-corrected chi connectivity index (χ4v) is 3.66. The number of hydrogen-bond acceptors (Lipinski definition) is 3. The molecule has 2 aromatic heterocycles. The molecular weight excluding hydrogens is 333 g/mol. The lowest BCUT2D eigenvalue weighted by Crippen LogP contribution is -2.30. The summed E-state index contributed by atoms with van der Waals surface area (Å²) in [6.07, 6.45) is 5.29. The van der Waals surface area contributed by atoms with Crippen LogP contribution in [0.2, 0.25) is 0 Å². The van der Waals surface area contributed by atoms with Crippen molar-refractivity contribution in [3.63, 3.8) is 0 Å². The Morgan fingerprint density at radius 1 is 1.27 bits per heavy atom. The van der Waals surface area contributed by atoms with Crippen LogP contribution < -0.4 is 5.32 Å². The van der Waals surface area contributed by atoms with Gasteiger partial charge in [0.15, 0.2) is 0 Å². The molecule has 3 aromatic rings. The molecule has 1 fully saturated rings. The number of hydrogen-bond donors (Lipinski definition) is 3. The van der Waals surface area contributed by atoms with Crippen LogP contribution >= 0.6 is 0 Å². The minimum atomic E-state index is -0.440. The number of nitrogens with zero attached hydrogens (tertiary/aromatic N) is 1. The number of rotatable bonds is 3. The zero-order chi connectivity index (χ0) is 18.1. The Morgan fingerprint density at radius 2 is 2.15 bits per heavy atom.